The van der Waals surface area contributed by atoms with Crippen LogP contribution in [0.3, 0.4) is 0 Å². The quantitative estimate of drug-likeness (QED) is 0.839. The summed E-state index contributed by atoms with van der Waals surface area (Å²) in [6.07, 6.45) is -5.74. The van der Waals surface area contributed by atoms with Crippen molar-refractivity contribution in [2.24, 2.45) is 5.14 Å². The Morgan fingerprint density at radius 1 is 0.941 bits per heavy atom. The van der Waals surface area contributed by atoms with E-state index in [-0.39, 0.29) is 0 Å². The second kappa shape index (κ2) is 3.91. The Labute approximate surface area is 93.1 Å². The summed E-state index contributed by atoms with van der Waals surface area (Å²) in [6.45, 7) is 0. The molecule has 0 fully saturated rings. The van der Waals surface area contributed by atoms with Gasteiger partial charge in [-0.25, -0.2) is 13.6 Å². The van der Waals surface area contributed by atoms with Gasteiger partial charge in [0.05, 0.1) is 4.90 Å². The lowest BCUT2D eigenvalue weighted by Gasteiger charge is -2.19. The number of primary sulfonamides is 1. The van der Waals surface area contributed by atoms with E-state index in [0.717, 1.165) is 0 Å². The number of benzene rings is 1. The van der Waals surface area contributed by atoms with Gasteiger partial charge in [0.1, 0.15) is 0 Å². The molecular formula is C8H6F5NO2S. The van der Waals surface area contributed by atoms with Gasteiger partial charge in [0.25, 0.3) is 0 Å². The van der Waals surface area contributed by atoms with E-state index in [9.17, 15) is 30.4 Å². The third kappa shape index (κ3) is 2.72. The second-order valence-electron chi connectivity index (χ2n) is 3.14. The molecule has 1 rings (SSSR count). The molecule has 0 heterocycles. The minimum absolute atomic E-state index is 0.368. The van der Waals surface area contributed by atoms with Crippen molar-refractivity contribution in [2.75, 3.05) is 0 Å². The third-order valence-corrected chi connectivity index (χ3v) is 2.83. The van der Waals surface area contributed by atoms with Crippen LogP contribution >= 0.6 is 0 Å². The first-order valence-corrected chi connectivity index (χ1v) is 5.59. The Kier molecular flexibility index (Phi) is 3.19. The molecule has 0 unspecified atom stereocenters. The fourth-order valence-corrected chi connectivity index (χ4v) is 1.53. The lowest BCUT2D eigenvalue weighted by Crippen LogP contribution is -2.33. The number of alkyl halides is 5. The number of rotatable bonds is 2. The van der Waals surface area contributed by atoms with Crippen molar-refractivity contribution in [3.05, 3.63) is 29.8 Å². The molecule has 0 atom stereocenters. The van der Waals surface area contributed by atoms with E-state index in [1.54, 1.807) is 0 Å². The zero-order valence-electron chi connectivity index (χ0n) is 8.00. The van der Waals surface area contributed by atoms with Gasteiger partial charge in [-0.1, -0.05) is 12.1 Å². The van der Waals surface area contributed by atoms with Gasteiger partial charge < -0.3 is 0 Å². The maximum absolute atomic E-state index is 12.8. The average molecular weight is 275 g/mol. The molecule has 0 saturated carbocycles. The number of nitrogens with two attached hydrogens (primary N) is 1. The third-order valence-electron chi connectivity index (χ3n) is 1.90. The van der Waals surface area contributed by atoms with E-state index in [1.165, 1.54) is 0 Å². The van der Waals surface area contributed by atoms with E-state index in [2.05, 4.69) is 5.14 Å². The molecule has 0 aliphatic carbocycles. The highest BCUT2D eigenvalue weighted by atomic mass is 32.2. The highest BCUT2D eigenvalue weighted by Gasteiger charge is 2.58. The maximum atomic E-state index is 12.8. The highest BCUT2D eigenvalue weighted by Crippen LogP contribution is 2.43. The summed E-state index contributed by atoms with van der Waals surface area (Å²) in [6, 6.07) is 1.91. The van der Waals surface area contributed by atoms with Gasteiger partial charge in [-0.05, 0) is 12.1 Å². The van der Waals surface area contributed by atoms with E-state index in [0.29, 0.717) is 24.3 Å². The van der Waals surface area contributed by atoms with Crippen LogP contribution in [0, 0.1) is 0 Å². The van der Waals surface area contributed by atoms with Gasteiger partial charge in [-0.15, -0.1) is 0 Å². The molecule has 17 heavy (non-hydrogen) atoms. The molecule has 0 bridgehead atoms. The normalized spacial score (nSPS) is 13.8. The number of hydrogen-bond donors (Lipinski definition) is 1. The molecule has 0 amide bonds. The van der Waals surface area contributed by atoms with E-state index in [4.69, 9.17) is 0 Å². The molecule has 1 aromatic rings. The zero-order valence-corrected chi connectivity index (χ0v) is 8.82. The van der Waals surface area contributed by atoms with E-state index < -0.39 is 32.6 Å². The van der Waals surface area contributed by atoms with Crippen LogP contribution in [0.5, 0.6) is 0 Å². The summed E-state index contributed by atoms with van der Waals surface area (Å²) in [5.74, 6) is -5.04. The van der Waals surface area contributed by atoms with Crippen LogP contribution in [0.15, 0.2) is 29.2 Å². The summed E-state index contributed by atoms with van der Waals surface area (Å²) in [4.78, 5) is -0.542. The second-order valence-corrected chi connectivity index (χ2v) is 4.70. The van der Waals surface area contributed by atoms with Crippen molar-refractivity contribution >= 4 is 10.0 Å². The monoisotopic (exact) mass is 275 g/mol. The van der Waals surface area contributed by atoms with Crippen LogP contribution in [0.2, 0.25) is 0 Å². The van der Waals surface area contributed by atoms with Crippen LogP contribution in [-0.4, -0.2) is 14.6 Å². The molecule has 0 aliphatic rings. The van der Waals surface area contributed by atoms with Crippen molar-refractivity contribution < 1.29 is 30.4 Å². The number of halogens is 5. The molecular weight excluding hydrogens is 269 g/mol. The van der Waals surface area contributed by atoms with Crippen molar-refractivity contribution in [2.45, 2.75) is 17.0 Å². The first-order chi connectivity index (χ1) is 7.46. The molecule has 2 N–H and O–H groups in total. The molecule has 9 heteroatoms. The molecule has 0 saturated heterocycles. The van der Waals surface area contributed by atoms with Gasteiger partial charge in [-0.2, -0.15) is 22.0 Å². The Balaban J connectivity index is 3.21. The smallest absolute Gasteiger partial charge is 0.225 e. The minimum atomic E-state index is -5.74. The van der Waals surface area contributed by atoms with Crippen LogP contribution < -0.4 is 5.14 Å². The number of hydrogen-bond acceptors (Lipinski definition) is 2. The standard InChI is InChI=1S/C8H6F5NO2S/c9-7(10,8(11,12)13)5-1-3-6(4-2-5)17(14,15)16/h1-4H,(H2,14,15,16). The van der Waals surface area contributed by atoms with Crippen molar-refractivity contribution in [3.63, 3.8) is 0 Å². The van der Waals surface area contributed by atoms with Gasteiger partial charge in [0.15, 0.2) is 0 Å². The lowest BCUT2D eigenvalue weighted by molar-refractivity contribution is -0.289. The molecule has 3 nitrogen and oxygen atoms in total. The van der Waals surface area contributed by atoms with Crippen LogP contribution in [0.1, 0.15) is 5.56 Å². The summed E-state index contributed by atoms with van der Waals surface area (Å²) >= 11 is 0. The van der Waals surface area contributed by atoms with Gasteiger partial charge in [0.2, 0.25) is 10.0 Å². The Morgan fingerprint density at radius 2 is 1.35 bits per heavy atom. The van der Waals surface area contributed by atoms with Crippen molar-refractivity contribution in [1.82, 2.24) is 0 Å². The van der Waals surface area contributed by atoms with Gasteiger partial charge >= 0.3 is 12.1 Å². The molecule has 0 radical (unpaired) electrons. The van der Waals surface area contributed by atoms with Crippen molar-refractivity contribution in [1.29, 1.82) is 0 Å². The number of sulfonamides is 1. The van der Waals surface area contributed by atoms with E-state index in [1.807, 2.05) is 0 Å². The summed E-state index contributed by atoms with van der Waals surface area (Å²) in [5, 5.41) is 4.66. The predicted molar refractivity (Wildman–Crippen MR) is 47.8 cm³/mol. The summed E-state index contributed by atoms with van der Waals surface area (Å²) in [5.41, 5.74) is -1.35. The van der Waals surface area contributed by atoms with Crippen LogP contribution in [0.4, 0.5) is 22.0 Å². The predicted octanol–water partition coefficient (Wildman–Crippen LogP) is 1.99. The molecule has 0 aliphatic heterocycles. The maximum Gasteiger partial charge on any atom is 0.458 e. The Hall–Kier alpha value is -1.22. The topological polar surface area (TPSA) is 60.2 Å². The first-order valence-electron chi connectivity index (χ1n) is 4.04. The average Bonchev–Trinajstić information content (AvgIpc) is 2.15. The van der Waals surface area contributed by atoms with Gasteiger partial charge in [-0.3, -0.25) is 0 Å². The van der Waals surface area contributed by atoms with Crippen molar-refractivity contribution in [3.8, 4) is 0 Å². The summed E-state index contributed by atoms with van der Waals surface area (Å²) < 4.78 is 83.0. The summed E-state index contributed by atoms with van der Waals surface area (Å²) in [7, 11) is -4.13. The Morgan fingerprint density at radius 3 is 1.65 bits per heavy atom. The Bertz CT molecular complexity index is 506. The molecule has 1 aromatic carbocycles. The molecule has 0 spiro atoms. The first kappa shape index (κ1) is 13.8. The fourth-order valence-electron chi connectivity index (χ4n) is 1.02. The molecule has 0 aromatic heterocycles. The highest BCUT2D eigenvalue weighted by molar-refractivity contribution is 7.89. The molecule has 96 valence electrons. The zero-order chi connectivity index (χ0) is 13.5. The SMILES string of the molecule is NS(=O)(=O)c1ccc(C(F)(F)C(F)(F)F)cc1. The van der Waals surface area contributed by atoms with Crippen LogP contribution in [-0.2, 0) is 15.9 Å². The lowest BCUT2D eigenvalue weighted by atomic mass is 10.1. The van der Waals surface area contributed by atoms with E-state index >= 15 is 0 Å². The van der Waals surface area contributed by atoms with Gasteiger partial charge in [0, 0.05) is 5.56 Å². The largest absolute Gasteiger partial charge is 0.458 e. The fraction of sp³-hybridized carbons (Fsp3) is 0.250. The van der Waals surface area contributed by atoms with Crippen LogP contribution in [0.25, 0.3) is 0 Å². The minimum Gasteiger partial charge on any atom is -0.225 e.